The van der Waals surface area contributed by atoms with Crippen molar-refractivity contribution >= 4 is 11.0 Å². The topological polar surface area (TPSA) is 83.8 Å². The molecule has 0 aliphatic rings. The normalized spacial score (nSPS) is 10.8. The number of aliphatic hydroxyl groups excluding tert-OH is 1. The van der Waals surface area contributed by atoms with Crippen LogP contribution in [-0.4, -0.2) is 24.9 Å². The zero-order valence-corrected chi connectivity index (χ0v) is 6.06. The Morgan fingerprint density at radius 2 is 2.50 bits per heavy atom. The Bertz CT molecular complexity index is 458. The van der Waals surface area contributed by atoms with E-state index in [9.17, 15) is 4.79 Å². The fourth-order valence-corrected chi connectivity index (χ4v) is 0.976. The molecule has 2 N–H and O–H groups in total. The maximum absolute atomic E-state index is 11.3. The maximum Gasteiger partial charge on any atom is 0.297 e. The van der Waals surface area contributed by atoms with Crippen LogP contribution in [0.5, 0.6) is 0 Å². The first-order valence-electron chi connectivity index (χ1n) is 3.33. The fraction of sp³-hybridized carbons (Fsp3) is 0.167. The molecule has 0 aliphatic carbocycles. The Morgan fingerprint density at radius 3 is 3.25 bits per heavy atom. The largest absolute Gasteiger partial charge is 0.374 e. The molecule has 2 aromatic rings. The number of nitrogens with zero attached hydrogens (tertiary/aromatic N) is 3. The van der Waals surface area contributed by atoms with Gasteiger partial charge in [-0.3, -0.25) is 4.79 Å². The first-order chi connectivity index (χ1) is 5.83. The summed E-state index contributed by atoms with van der Waals surface area (Å²) in [5.41, 5.74) is 0.472. The molecule has 2 aromatic heterocycles. The summed E-state index contributed by atoms with van der Waals surface area (Å²) in [6, 6.07) is 0. The van der Waals surface area contributed by atoms with E-state index in [1.165, 1.54) is 12.5 Å². The number of rotatable bonds is 1. The van der Waals surface area contributed by atoms with E-state index in [-0.39, 0.29) is 0 Å². The number of aliphatic hydroxyl groups is 1. The molecule has 2 rings (SSSR count). The van der Waals surface area contributed by atoms with Gasteiger partial charge in [-0.25, -0.2) is 9.67 Å². The molecule has 0 radical (unpaired) electrons. The van der Waals surface area contributed by atoms with Crippen molar-refractivity contribution in [1.82, 2.24) is 19.7 Å². The number of H-pyrrole nitrogens is 1. The number of hydrogen-bond acceptors (Lipinski definition) is 4. The van der Waals surface area contributed by atoms with Crippen LogP contribution in [0, 0.1) is 0 Å². The molecule has 0 fully saturated rings. The molecule has 0 bridgehead atoms. The third kappa shape index (κ3) is 0.817. The molecule has 6 nitrogen and oxygen atoms in total. The van der Waals surface area contributed by atoms with Crippen molar-refractivity contribution in [2.75, 3.05) is 0 Å². The Morgan fingerprint density at radius 1 is 1.67 bits per heavy atom. The van der Waals surface area contributed by atoms with Crippen LogP contribution < -0.4 is 5.56 Å². The second-order valence-electron chi connectivity index (χ2n) is 2.26. The average Bonchev–Trinajstić information content (AvgIpc) is 2.53. The summed E-state index contributed by atoms with van der Waals surface area (Å²) in [4.78, 5) is 17.8. The molecular weight excluding hydrogens is 160 g/mol. The van der Waals surface area contributed by atoms with Gasteiger partial charge < -0.3 is 10.1 Å². The molecular formula is C6H6N4O2. The third-order valence-electron chi connectivity index (χ3n) is 1.57. The standard InChI is InChI=1S/C6H6N4O2/c11-3-10-6(12)5-4(1-9-10)7-2-8-5/h1-2,11H,3H2,(H,7,8). The van der Waals surface area contributed by atoms with Crippen molar-refractivity contribution in [2.24, 2.45) is 0 Å². The predicted molar refractivity (Wildman–Crippen MR) is 40.4 cm³/mol. The second kappa shape index (κ2) is 2.42. The fourth-order valence-electron chi connectivity index (χ4n) is 0.976. The Hall–Kier alpha value is -1.69. The summed E-state index contributed by atoms with van der Waals surface area (Å²) in [7, 11) is 0. The molecule has 0 atom stereocenters. The molecule has 0 spiro atoms. The summed E-state index contributed by atoms with van der Waals surface area (Å²) < 4.78 is 0.934. The molecule has 0 amide bonds. The highest BCUT2D eigenvalue weighted by Crippen LogP contribution is 1.98. The van der Waals surface area contributed by atoms with Crippen molar-refractivity contribution in [3.05, 3.63) is 22.9 Å². The second-order valence-corrected chi connectivity index (χ2v) is 2.26. The van der Waals surface area contributed by atoms with E-state index >= 15 is 0 Å². The zero-order valence-electron chi connectivity index (χ0n) is 6.06. The third-order valence-corrected chi connectivity index (χ3v) is 1.57. The summed E-state index contributed by atoms with van der Waals surface area (Å²) in [6.45, 7) is -0.429. The summed E-state index contributed by atoms with van der Waals surface area (Å²) >= 11 is 0. The minimum Gasteiger partial charge on any atom is -0.374 e. The minimum absolute atomic E-state index is 0.291. The lowest BCUT2D eigenvalue weighted by molar-refractivity contribution is 0.189. The Labute approximate surface area is 66.5 Å². The van der Waals surface area contributed by atoms with Crippen LogP contribution in [0.4, 0.5) is 0 Å². The number of aromatic amines is 1. The van der Waals surface area contributed by atoms with Crippen molar-refractivity contribution in [2.45, 2.75) is 6.73 Å². The van der Waals surface area contributed by atoms with E-state index < -0.39 is 12.3 Å². The van der Waals surface area contributed by atoms with E-state index in [1.54, 1.807) is 0 Å². The number of imidazole rings is 1. The van der Waals surface area contributed by atoms with Crippen LogP contribution in [0.1, 0.15) is 0 Å². The number of nitrogens with one attached hydrogen (secondary N) is 1. The SMILES string of the molecule is O=c1c2nc[nH]c2cnn1CO. The van der Waals surface area contributed by atoms with Gasteiger partial charge in [-0.05, 0) is 0 Å². The lowest BCUT2D eigenvalue weighted by atomic mass is 10.5. The van der Waals surface area contributed by atoms with Crippen LogP contribution in [-0.2, 0) is 6.73 Å². The highest BCUT2D eigenvalue weighted by Gasteiger charge is 2.03. The lowest BCUT2D eigenvalue weighted by Crippen LogP contribution is -2.22. The zero-order chi connectivity index (χ0) is 8.55. The van der Waals surface area contributed by atoms with E-state index in [1.807, 2.05) is 0 Å². The van der Waals surface area contributed by atoms with Gasteiger partial charge in [-0.15, -0.1) is 0 Å². The van der Waals surface area contributed by atoms with Gasteiger partial charge in [0, 0.05) is 0 Å². The van der Waals surface area contributed by atoms with Crippen molar-refractivity contribution in [3.8, 4) is 0 Å². The molecule has 2 heterocycles. The summed E-state index contributed by atoms with van der Waals surface area (Å²) in [5.74, 6) is 0. The van der Waals surface area contributed by atoms with Gasteiger partial charge in [0.1, 0.15) is 6.73 Å². The van der Waals surface area contributed by atoms with E-state index in [4.69, 9.17) is 5.11 Å². The maximum atomic E-state index is 11.3. The van der Waals surface area contributed by atoms with Gasteiger partial charge in [0.2, 0.25) is 0 Å². The Balaban J connectivity index is 2.88. The first-order valence-corrected chi connectivity index (χ1v) is 3.33. The van der Waals surface area contributed by atoms with E-state index in [2.05, 4.69) is 15.1 Å². The summed E-state index contributed by atoms with van der Waals surface area (Å²) in [6.07, 6.45) is 2.86. The monoisotopic (exact) mass is 166 g/mol. The van der Waals surface area contributed by atoms with Crippen LogP contribution >= 0.6 is 0 Å². The molecule has 0 aliphatic heterocycles. The molecule has 62 valence electrons. The average molecular weight is 166 g/mol. The van der Waals surface area contributed by atoms with Crippen LogP contribution in [0.15, 0.2) is 17.3 Å². The molecule has 0 saturated carbocycles. The summed E-state index contributed by atoms with van der Waals surface area (Å²) in [5, 5.41) is 12.4. The quantitative estimate of drug-likeness (QED) is 0.573. The van der Waals surface area contributed by atoms with Gasteiger partial charge in [0.15, 0.2) is 5.52 Å². The highest BCUT2D eigenvalue weighted by atomic mass is 16.3. The van der Waals surface area contributed by atoms with Crippen molar-refractivity contribution in [1.29, 1.82) is 0 Å². The first kappa shape index (κ1) is 6.99. The van der Waals surface area contributed by atoms with Crippen LogP contribution in [0.3, 0.4) is 0 Å². The molecule has 12 heavy (non-hydrogen) atoms. The van der Waals surface area contributed by atoms with Gasteiger partial charge in [-0.2, -0.15) is 5.10 Å². The molecule has 0 saturated heterocycles. The molecule has 0 aromatic carbocycles. The van der Waals surface area contributed by atoms with E-state index in [0.717, 1.165) is 4.68 Å². The number of fused-ring (bicyclic) bond motifs is 1. The van der Waals surface area contributed by atoms with Crippen molar-refractivity contribution < 1.29 is 5.11 Å². The van der Waals surface area contributed by atoms with E-state index in [0.29, 0.717) is 11.0 Å². The van der Waals surface area contributed by atoms with Gasteiger partial charge >= 0.3 is 0 Å². The number of aromatic nitrogens is 4. The molecule has 0 unspecified atom stereocenters. The van der Waals surface area contributed by atoms with Gasteiger partial charge in [-0.1, -0.05) is 0 Å². The Kier molecular flexibility index (Phi) is 1.41. The molecule has 6 heteroatoms. The van der Waals surface area contributed by atoms with Gasteiger partial charge in [0.05, 0.1) is 18.0 Å². The highest BCUT2D eigenvalue weighted by molar-refractivity contribution is 5.71. The predicted octanol–water partition coefficient (Wildman–Crippen LogP) is -0.931. The smallest absolute Gasteiger partial charge is 0.297 e. The van der Waals surface area contributed by atoms with Crippen molar-refractivity contribution in [3.63, 3.8) is 0 Å². The lowest BCUT2D eigenvalue weighted by Gasteiger charge is -1.96. The minimum atomic E-state index is -0.429. The van der Waals surface area contributed by atoms with Gasteiger partial charge in [0.25, 0.3) is 5.56 Å². The van der Waals surface area contributed by atoms with Crippen LogP contribution in [0.2, 0.25) is 0 Å². The van der Waals surface area contributed by atoms with Crippen LogP contribution in [0.25, 0.3) is 11.0 Å². The number of hydrogen-bond donors (Lipinski definition) is 2.